The van der Waals surface area contributed by atoms with Crippen LogP contribution in [0.25, 0.3) is 0 Å². The smallest absolute Gasteiger partial charge is 0.293 e. The standard InChI is InChI=1S/C18H21N3O3/c1-4-19-16-10-9-13(11-17(16)21(23)24)18(22)20-15-8-6-5-7-14(15)12(2)3/h5-12,19H,4H2,1-3H3,(H,20,22). The van der Waals surface area contributed by atoms with Gasteiger partial charge in [-0.3, -0.25) is 14.9 Å². The second kappa shape index (κ2) is 7.59. The van der Waals surface area contributed by atoms with Crippen molar-refractivity contribution in [3.8, 4) is 0 Å². The molecule has 0 saturated heterocycles. The SMILES string of the molecule is CCNc1ccc(C(=O)Nc2ccccc2C(C)C)cc1[N+](=O)[O-]. The highest BCUT2D eigenvalue weighted by Gasteiger charge is 2.18. The third-order valence-electron chi connectivity index (χ3n) is 3.65. The fraction of sp³-hybridized carbons (Fsp3) is 0.278. The van der Waals surface area contributed by atoms with Crippen molar-refractivity contribution in [2.45, 2.75) is 26.7 Å². The number of hydrogen-bond donors (Lipinski definition) is 2. The fourth-order valence-electron chi connectivity index (χ4n) is 2.47. The number of anilines is 2. The lowest BCUT2D eigenvalue weighted by atomic mass is 10.0. The summed E-state index contributed by atoms with van der Waals surface area (Å²) in [4.78, 5) is 23.2. The van der Waals surface area contributed by atoms with Crippen LogP contribution in [0.2, 0.25) is 0 Å². The molecule has 1 amide bonds. The number of rotatable bonds is 6. The Morgan fingerprint density at radius 3 is 2.50 bits per heavy atom. The Morgan fingerprint density at radius 1 is 1.17 bits per heavy atom. The van der Waals surface area contributed by atoms with Gasteiger partial charge < -0.3 is 10.6 Å². The zero-order valence-corrected chi connectivity index (χ0v) is 14.0. The van der Waals surface area contributed by atoms with Crippen molar-refractivity contribution < 1.29 is 9.72 Å². The Bertz CT molecular complexity index is 757. The molecule has 2 rings (SSSR count). The van der Waals surface area contributed by atoms with E-state index in [2.05, 4.69) is 10.6 Å². The molecule has 0 unspecified atom stereocenters. The highest BCUT2D eigenvalue weighted by molar-refractivity contribution is 6.05. The van der Waals surface area contributed by atoms with E-state index in [0.717, 1.165) is 11.3 Å². The van der Waals surface area contributed by atoms with Crippen molar-refractivity contribution in [2.24, 2.45) is 0 Å². The van der Waals surface area contributed by atoms with E-state index < -0.39 is 4.92 Å². The van der Waals surface area contributed by atoms with Gasteiger partial charge in [-0.2, -0.15) is 0 Å². The summed E-state index contributed by atoms with van der Waals surface area (Å²) in [6.07, 6.45) is 0. The molecular formula is C18H21N3O3. The minimum atomic E-state index is -0.489. The maximum Gasteiger partial charge on any atom is 0.293 e. The van der Waals surface area contributed by atoms with Gasteiger partial charge in [-0.25, -0.2) is 0 Å². The first-order chi connectivity index (χ1) is 11.4. The van der Waals surface area contributed by atoms with Crippen molar-refractivity contribution >= 4 is 23.0 Å². The van der Waals surface area contributed by atoms with E-state index in [9.17, 15) is 14.9 Å². The molecule has 0 radical (unpaired) electrons. The van der Waals surface area contributed by atoms with Crippen LogP contribution in [0.4, 0.5) is 17.1 Å². The Morgan fingerprint density at radius 2 is 1.88 bits per heavy atom. The van der Waals surface area contributed by atoms with Gasteiger partial charge in [0.2, 0.25) is 0 Å². The molecule has 0 aliphatic rings. The van der Waals surface area contributed by atoms with E-state index >= 15 is 0 Å². The van der Waals surface area contributed by atoms with Crippen LogP contribution in [0.5, 0.6) is 0 Å². The Hall–Kier alpha value is -2.89. The summed E-state index contributed by atoms with van der Waals surface area (Å²) >= 11 is 0. The van der Waals surface area contributed by atoms with E-state index in [1.165, 1.54) is 6.07 Å². The average Bonchev–Trinajstić information content (AvgIpc) is 2.55. The third kappa shape index (κ3) is 3.90. The van der Waals surface area contributed by atoms with Crippen LogP contribution in [0.3, 0.4) is 0 Å². The maximum absolute atomic E-state index is 12.5. The number of nitrogens with one attached hydrogen (secondary N) is 2. The van der Waals surface area contributed by atoms with Crippen LogP contribution < -0.4 is 10.6 Å². The summed E-state index contributed by atoms with van der Waals surface area (Å²) in [7, 11) is 0. The van der Waals surface area contributed by atoms with Crippen LogP contribution >= 0.6 is 0 Å². The minimum Gasteiger partial charge on any atom is -0.380 e. The molecule has 0 aliphatic carbocycles. The van der Waals surface area contributed by atoms with E-state index in [-0.39, 0.29) is 23.1 Å². The lowest BCUT2D eigenvalue weighted by molar-refractivity contribution is -0.384. The van der Waals surface area contributed by atoms with Gasteiger partial charge in [-0.15, -0.1) is 0 Å². The molecule has 0 aliphatic heterocycles. The molecule has 0 saturated carbocycles. The monoisotopic (exact) mass is 327 g/mol. The van der Waals surface area contributed by atoms with Crippen LogP contribution in [-0.4, -0.2) is 17.4 Å². The van der Waals surface area contributed by atoms with Crippen LogP contribution in [-0.2, 0) is 0 Å². The average molecular weight is 327 g/mol. The molecule has 2 aromatic carbocycles. The van der Waals surface area contributed by atoms with Crippen molar-refractivity contribution in [3.63, 3.8) is 0 Å². The minimum absolute atomic E-state index is 0.110. The van der Waals surface area contributed by atoms with Crippen molar-refractivity contribution in [1.82, 2.24) is 0 Å². The van der Waals surface area contributed by atoms with Gasteiger partial charge in [0.1, 0.15) is 5.69 Å². The van der Waals surface area contributed by atoms with Gasteiger partial charge in [0.05, 0.1) is 4.92 Å². The highest BCUT2D eigenvalue weighted by atomic mass is 16.6. The number of carbonyl (C=O) groups excluding carboxylic acids is 1. The van der Waals surface area contributed by atoms with Gasteiger partial charge in [-0.1, -0.05) is 32.0 Å². The number of hydrogen-bond acceptors (Lipinski definition) is 4. The lowest BCUT2D eigenvalue weighted by Gasteiger charge is -2.14. The zero-order chi connectivity index (χ0) is 17.7. The van der Waals surface area contributed by atoms with Crippen LogP contribution in [0.15, 0.2) is 42.5 Å². The first-order valence-corrected chi connectivity index (χ1v) is 7.86. The molecule has 2 N–H and O–H groups in total. The van der Waals surface area contributed by atoms with Gasteiger partial charge in [-0.05, 0) is 36.6 Å². The number of nitro benzene ring substituents is 1. The van der Waals surface area contributed by atoms with Gasteiger partial charge >= 0.3 is 0 Å². The molecule has 0 spiro atoms. The third-order valence-corrected chi connectivity index (χ3v) is 3.65. The number of nitro groups is 1. The second-order valence-corrected chi connectivity index (χ2v) is 5.72. The van der Waals surface area contributed by atoms with Crippen LogP contribution in [0, 0.1) is 10.1 Å². The van der Waals surface area contributed by atoms with Gasteiger partial charge in [0.15, 0.2) is 0 Å². The summed E-state index contributed by atoms with van der Waals surface area (Å²) in [5, 5.41) is 17.0. The summed E-state index contributed by atoms with van der Waals surface area (Å²) in [5.41, 5.74) is 2.28. The Labute approximate surface area is 141 Å². The largest absolute Gasteiger partial charge is 0.380 e. The summed E-state index contributed by atoms with van der Waals surface area (Å²) in [5.74, 6) is -0.110. The molecule has 2 aromatic rings. The first-order valence-electron chi connectivity index (χ1n) is 7.86. The highest BCUT2D eigenvalue weighted by Crippen LogP contribution is 2.27. The normalized spacial score (nSPS) is 10.5. The molecule has 6 heteroatoms. The molecule has 0 fully saturated rings. The lowest BCUT2D eigenvalue weighted by Crippen LogP contribution is -2.14. The molecule has 126 valence electrons. The predicted molar refractivity (Wildman–Crippen MR) is 95.7 cm³/mol. The molecule has 0 bridgehead atoms. The van der Waals surface area contributed by atoms with Crippen molar-refractivity contribution in [1.29, 1.82) is 0 Å². The summed E-state index contributed by atoms with van der Waals surface area (Å²) in [6.45, 7) is 6.50. The van der Waals surface area contributed by atoms with E-state index in [4.69, 9.17) is 0 Å². The van der Waals surface area contributed by atoms with E-state index in [1.807, 2.05) is 45.0 Å². The van der Waals surface area contributed by atoms with E-state index in [0.29, 0.717) is 12.2 Å². The Kier molecular flexibility index (Phi) is 5.52. The number of para-hydroxylation sites is 1. The van der Waals surface area contributed by atoms with Gasteiger partial charge in [0, 0.05) is 23.9 Å². The Balaban J connectivity index is 2.31. The van der Waals surface area contributed by atoms with Crippen molar-refractivity contribution in [3.05, 3.63) is 63.7 Å². The number of nitrogens with zero attached hydrogens (tertiary/aromatic N) is 1. The molecule has 24 heavy (non-hydrogen) atoms. The van der Waals surface area contributed by atoms with Crippen molar-refractivity contribution in [2.75, 3.05) is 17.2 Å². The fourth-order valence-corrected chi connectivity index (χ4v) is 2.47. The molecule has 0 heterocycles. The number of amides is 1. The summed E-state index contributed by atoms with van der Waals surface area (Å²) in [6, 6.07) is 12.0. The topological polar surface area (TPSA) is 84.3 Å². The number of carbonyl (C=O) groups is 1. The molecular weight excluding hydrogens is 306 g/mol. The second-order valence-electron chi connectivity index (χ2n) is 5.72. The number of benzene rings is 2. The molecule has 0 atom stereocenters. The van der Waals surface area contributed by atoms with E-state index in [1.54, 1.807) is 12.1 Å². The first kappa shape index (κ1) is 17.5. The quantitative estimate of drug-likeness (QED) is 0.608. The predicted octanol–water partition coefficient (Wildman–Crippen LogP) is 4.40. The molecule has 0 aromatic heterocycles. The summed E-state index contributed by atoms with van der Waals surface area (Å²) < 4.78 is 0. The van der Waals surface area contributed by atoms with Gasteiger partial charge in [0.25, 0.3) is 11.6 Å². The van der Waals surface area contributed by atoms with Crippen LogP contribution in [0.1, 0.15) is 42.6 Å². The maximum atomic E-state index is 12.5. The zero-order valence-electron chi connectivity index (χ0n) is 14.0. The molecule has 6 nitrogen and oxygen atoms in total.